The van der Waals surface area contributed by atoms with Crippen molar-refractivity contribution in [2.75, 3.05) is 31.6 Å². The van der Waals surface area contributed by atoms with Crippen LogP contribution in [0.3, 0.4) is 0 Å². The molecule has 1 N–H and O–H groups in total. The second-order valence-electron chi connectivity index (χ2n) is 19.6. The van der Waals surface area contributed by atoms with Crippen LogP contribution in [0.15, 0.2) is 224 Å². The summed E-state index contributed by atoms with van der Waals surface area (Å²) in [6, 6.07) is 72.1. The molecule has 4 heterocycles. The Hall–Kier alpha value is -9.10. The lowest BCUT2D eigenvalue weighted by atomic mass is 9.76. The first-order valence-electron chi connectivity index (χ1n) is 25.8. The number of rotatable bonds is 15. The van der Waals surface area contributed by atoms with Crippen molar-refractivity contribution < 1.29 is 38.1 Å². The Morgan fingerprint density at radius 3 is 1.38 bits per heavy atom. The van der Waals surface area contributed by atoms with Crippen LogP contribution >= 0.6 is 0 Å². The molecule has 3 unspecified atom stereocenters. The lowest BCUT2D eigenvalue weighted by Crippen LogP contribution is -2.45. The predicted molar refractivity (Wildman–Crippen MR) is 292 cm³/mol. The van der Waals surface area contributed by atoms with Crippen LogP contribution in [0.4, 0.5) is 10.5 Å². The van der Waals surface area contributed by atoms with Crippen molar-refractivity contribution in [1.29, 1.82) is 0 Å². The van der Waals surface area contributed by atoms with Crippen LogP contribution in [-0.2, 0) is 47.9 Å². The quantitative estimate of drug-likeness (QED) is 0.0348. The third-order valence-corrected chi connectivity index (χ3v) is 15.2. The molecule has 1 amide bonds. The molecule has 0 radical (unpaired) electrons. The lowest BCUT2D eigenvalue weighted by Gasteiger charge is -2.38. The largest absolute Gasteiger partial charge is 0.464 e. The van der Waals surface area contributed by atoms with E-state index in [1.807, 2.05) is 140 Å². The molecule has 0 spiro atoms. The fourth-order valence-corrected chi connectivity index (χ4v) is 11.6. The van der Waals surface area contributed by atoms with E-state index in [4.69, 9.17) is 18.9 Å². The van der Waals surface area contributed by atoms with E-state index < -0.39 is 53.3 Å². The minimum Gasteiger partial charge on any atom is -0.464 e. The van der Waals surface area contributed by atoms with E-state index in [1.165, 1.54) is 12.0 Å². The highest BCUT2D eigenvalue weighted by atomic mass is 16.6. The fraction of sp³-hybridized carbons (Fsp3) is 0.169. The van der Waals surface area contributed by atoms with Crippen LogP contribution in [0.2, 0.25) is 0 Å². The minimum atomic E-state index is -0.863. The van der Waals surface area contributed by atoms with E-state index in [0.717, 1.165) is 38.9 Å². The van der Waals surface area contributed by atoms with Crippen molar-refractivity contribution in [3.63, 3.8) is 0 Å². The van der Waals surface area contributed by atoms with E-state index in [1.54, 1.807) is 12.1 Å². The minimum absolute atomic E-state index is 0.0300. The lowest BCUT2D eigenvalue weighted by molar-refractivity contribution is -0.149. The molecule has 3 aliphatic rings. The highest BCUT2D eigenvalue weighted by molar-refractivity contribution is 6.04. The second-order valence-corrected chi connectivity index (χ2v) is 19.6. The van der Waals surface area contributed by atoms with E-state index in [2.05, 4.69) is 87.6 Å². The van der Waals surface area contributed by atoms with Crippen molar-refractivity contribution in [2.24, 2.45) is 0 Å². The number of hydrogen-bond donors (Lipinski definition) is 1. The number of methoxy groups -OCH3 is 1. The summed E-state index contributed by atoms with van der Waals surface area (Å²) in [5.41, 5.74) is 6.40. The smallest absolute Gasteiger partial charge is 0.414 e. The number of benzene rings is 8. The number of carbonyl (C=O) groups excluding carboxylic acids is 4. The molecule has 5 atom stereocenters. The Bertz CT molecular complexity index is 3390. The molecular formula is C65H54N4O8. The molecule has 2 fully saturated rings. The maximum Gasteiger partial charge on any atom is 0.414 e. The van der Waals surface area contributed by atoms with Gasteiger partial charge in [0.2, 0.25) is 0 Å². The molecule has 12 rings (SSSR count). The third-order valence-electron chi connectivity index (χ3n) is 15.2. The average molecular weight is 1020 g/mol. The molecule has 2 saturated heterocycles. The summed E-state index contributed by atoms with van der Waals surface area (Å²) in [6.07, 6.45) is -1.39. The topological polar surface area (TPSA) is 130 Å². The zero-order chi connectivity index (χ0) is 52.5. The van der Waals surface area contributed by atoms with Crippen LogP contribution in [0.5, 0.6) is 5.75 Å². The molecule has 77 heavy (non-hydrogen) atoms. The summed E-state index contributed by atoms with van der Waals surface area (Å²) in [5.74, 6) is -1.52. The number of ether oxygens (including phenoxy) is 4. The molecule has 12 heteroatoms. The highest BCUT2D eigenvalue weighted by Crippen LogP contribution is 2.51. The Morgan fingerprint density at radius 1 is 0.532 bits per heavy atom. The van der Waals surface area contributed by atoms with Crippen molar-refractivity contribution >= 4 is 40.6 Å². The van der Waals surface area contributed by atoms with Gasteiger partial charge in [0.25, 0.3) is 0 Å². The third kappa shape index (κ3) is 8.90. The Labute approximate surface area is 446 Å². The van der Waals surface area contributed by atoms with E-state index >= 15 is 0 Å². The Morgan fingerprint density at radius 2 is 0.948 bits per heavy atom. The first kappa shape index (κ1) is 48.8. The summed E-state index contributed by atoms with van der Waals surface area (Å²) in [6.45, 7) is 0.677. The van der Waals surface area contributed by atoms with Gasteiger partial charge >= 0.3 is 24.0 Å². The zero-order valence-corrected chi connectivity index (χ0v) is 42.2. The number of fused-ring (bicyclic) bond motifs is 3. The van der Waals surface area contributed by atoms with Gasteiger partial charge in [-0.3, -0.25) is 19.5 Å². The summed E-state index contributed by atoms with van der Waals surface area (Å²) in [5, 5.41) is 0.483. The molecule has 1 aromatic heterocycles. The molecule has 0 bridgehead atoms. The van der Waals surface area contributed by atoms with Gasteiger partial charge in [-0.1, -0.05) is 212 Å². The van der Waals surface area contributed by atoms with Crippen LogP contribution in [-0.4, -0.2) is 83.7 Å². The zero-order valence-electron chi connectivity index (χ0n) is 42.2. The van der Waals surface area contributed by atoms with Crippen molar-refractivity contribution in [3.8, 4) is 5.75 Å². The summed E-state index contributed by atoms with van der Waals surface area (Å²) < 4.78 is 24.2. The van der Waals surface area contributed by atoms with Crippen LogP contribution in [0.25, 0.3) is 10.9 Å². The van der Waals surface area contributed by atoms with Gasteiger partial charge in [0, 0.05) is 31.0 Å². The van der Waals surface area contributed by atoms with E-state index in [9.17, 15) is 19.2 Å². The van der Waals surface area contributed by atoms with Crippen LogP contribution in [0, 0.1) is 0 Å². The van der Waals surface area contributed by atoms with E-state index in [-0.39, 0.29) is 31.0 Å². The van der Waals surface area contributed by atoms with Gasteiger partial charge in [-0.2, -0.15) is 0 Å². The molecule has 12 nitrogen and oxygen atoms in total. The number of aromatic amines is 1. The standard InChI is InChI=1S/C65H54N4O8/c1-74-60(70)54-38-53-52-37-51(76-61(71)56-41-68(56)64(45-25-11-3-12-26-45,46-27-13-4-14-28-46)47-29-15-5-16-30-47)40-67(63(73)75-43-44-23-9-2-10-24-44)55(52)39-58(59(53)66-54)77-62(72)57-42-69(57)65(48-31-17-6-18-32-48,49-33-19-7-20-34-49)50-35-21-8-22-36-50/h2-36,38-39,51,56-57,66H,37,40-43H2,1H3/t51?,56-,57-,68?,69?/m1/s1. The van der Waals surface area contributed by atoms with Crippen LogP contribution in [0.1, 0.15) is 55.0 Å². The molecule has 8 aromatic carbocycles. The van der Waals surface area contributed by atoms with Gasteiger partial charge in [0.05, 0.1) is 35.9 Å². The van der Waals surface area contributed by atoms with Crippen molar-refractivity contribution in [1.82, 2.24) is 14.8 Å². The number of H-pyrrole nitrogens is 1. The van der Waals surface area contributed by atoms with Gasteiger partial charge in [-0.05, 0) is 50.6 Å². The van der Waals surface area contributed by atoms with Gasteiger partial charge in [0.15, 0.2) is 5.75 Å². The molecule has 382 valence electrons. The average Bonchev–Trinajstić information content (AvgIpc) is 4.62. The number of amides is 1. The normalized spacial score (nSPS) is 18.6. The summed E-state index contributed by atoms with van der Waals surface area (Å²) >= 11 is 0. The number of anilines is 1. The van der Waals surface area contributed by atoms with Gasteiger partial charge < -0.3 is 23.9 Å². The fourth-order valence-electron chi connectivity index (χ4n) is 11.6. The van der Waals surface area contributed by atoms with Gasteiger partial charge in [-0.15, -0.1) is 0 Å². The SMILES string of the molecule is COC(=O)c1cc2c3c(cc(OC(=O)[C@H]4CN4C(c4ccccc4)(c4ccccc4)c4ccccc4)c2[nH]1)N(C(=O)OCc1ccccc1)CC(OC(=O)[C@H]1CN1C(c1ccccc1)(c1ccccc1)c1ccccc1)C3. The first-order chi connectivity index (χ1) is 37.8. The predicted octanol–water partition coefficient (Wildman–Crippen LogP) is 10.8. The van der Waals surface area contributed by atoms with E-state index in [0.29, 0.717) is 35.2 Å². The molecule has 0 aliphatic carbocycles. The Balaban J connectivity index is 0.898. The van der Waals surface area contributed by atoms with Gasteiger partial charge in [-0.25, -0.2) is 14.4 Å². The number of nitrogens with zero attached hydrogens (tertiary/aromatic N) is 3. The maximum absolute atomic E-state index is 14.9. The number of nitrogens with one attached hydrogen (secondary N) is 1. The van der Waals surface area contributed by atoms with Gasteiger partial charge in [0.1, 0.15) is 30.5 Å². The Kier molecular flexibility index (Phi) is 13.0. The number of carbonyl (C=O) groups is 4. The molecular weight excluding hydrogens is 965 g/mol. The van der Waals surface area contributed by atoms with Crippen LogP contribution < -0.4 is 9.64 Å². The maximum atomic E-state index is 14.9. The highest BCUT2D eigenvalue weighted by Gasteiger charge is 2.58. The first-order valence-corrected chi connectivity index (χ1v) is 25.8. The molecule has 0 saturated carbocycles. The number of hydrogen-bond acceptors (Lipinski definition) is 10. The monoisotopic (exact) mass is 1020 g/mol. The summed E-state index contributed by atoms with van der Waals surface area (Å²) in [4.78, 5) is 66.6. The second kappa shape index (κ2) is 20.6. The molecule has 9 aromatic rings. The van der Waals surface area contributed by atoms with Crippen molar-refractivity contribution in [3.05, 3.63) is 275 Å². The number of esters is 3. The molecule has 3 aliphatic heterocycles. The summed E-state index contributed by atoms with van der Waals surface area (Å²) in [7, 11) is 1.29. The van der Waals surface area contributed by atoms with Crippen molar-refractivity contribution in [2.45, 2.75) is 42.3 Å². The number of aromatic nitrogens is 1.